The van der Waals surface area contributed by atoms with Crippen LogP contribution in [0, 0.1) is 17.6 Å². The second kappa shape index (κ2) is 4.73. The van der Waals surface area contributed by atoms with Crippen LogP contribution in [-0.2, 0) is 11.2 Å². The molecule has 0 aliphatic heterocycles. The summed E-state index contributed by atoms with van der Waals surface area (Å²) in [6.07, 6.45) is 3.96. The molecule has 1 aromatic carbocycles. The van der Waals surface area contributed by atoms with E-state index in [4.69, 9.17) is 0 Å². The largest absolute Gasteiger partial charge is 0.299 e. The Morgan fingerprint density at radius 1 is 1.25 bits per heavy atom. The van der Waals surface area contributed by atoms with Crippen LogP contribution in [-0.4, -0.2) is 5.78 Å². The van der Waals surface area contributed by atoms with Gasteiger partial charge >= 0.3 is 0 Å². The average Bonchev–Trinajstić information content (AvgIpc) is 2.78. The summed E-state index contributed by atoms with van der Waals surface area (Å²) in [6.45, 7) is 0. The molecule has 0 amide bonds. The summed E-state index contributed by atoms with van der Waals surface area (Å²) >= 11 is 0. The predicted molar refractivity (Wildman–Crippen MR) is 57.0 cm³/mol. The maximum atomic E-state index is 13.3. The molecule has 16 heavy (non-hydrogen) atoms. The van der Waals surface area contributed by atoms with Crippen molar-refractivity contribution in [3.8, 4) is 0 Å². The first-order chi connectivity index (χ1) is 7.68. The van der Waals surface area contributed by atoms with Gasteiger partial charge < -0.3 is 0 Å². The Hall–Kier alpha value is -1.25. The van der Waals surface area contributed by atoms with Crippen LogP contribution < -0.4 is 0 Å². The minimum atomic E-state index is -0.881. The molecule has 0 saturated heterocycles. The monoisotopic (exact) mass is 224 g/mol. The Balaban J connectivity index is 2.08. The number of ketones is 1. The Morgan fingerprint density at radius 3 is 2.62 bits per heavy atom. The van der Waals surface area contributed by atoms with Gasteiger partial charge in [0.05, 0.1) is 0 Å². The maximum Gasteiger partial charge on any atom is 0.162 e. The van der Waals surface area contributed by atoms with Crippen LogP contribution in [0.3, 0.4) is 0 Å². The van der Waals surface area contributed by atoms with Gasteiger partial charge in [0.15, 0.2) is 11.6 Å². The number of rotatable bonds is 3. The van der Waals surface area contributed by atoms with E-state index in [-0.39, 0.29) is 23.7 Å². The highest BCUT2D eigenvalue weighted by Gasteiger charge is 2.23. The lowest BCUT2D eigenvalue weighted by atomic mass is 9.96. The lowest BCUT2D eigenvalue weighted by Gasteiger charge is -2.08. The molecule has 0 radical (unpaired) electrons. The molecule has 1 fully saturated rings. The van der Waals surface area contributed by atoms with Crippen molar-refractivity contribution >= 4 is 5.78 Å². The molecule has 1 aliphatic rings. The summed E-state index contributed by atoms with van der Waals surface area (Å²) in [6, 6.07) is 3.99. The van der Waals surface area contributed by atoms with E-state index >= 15 is 0 Å². The first-order valence-corrected chi connectivity index (χ1v) is 5.64. The molecule has 2 rings (SSSR count). The third-order valence-corrected chi connectivity index (χ3v) is 3.21. The van der Waals surface area contributed by atoms with Gasteiger partial charge in [0.1, 0.15) is 5.78 Å². The fraction of sp³-hybridized carbons (Fsp3) is 0.462. The van der Waals surface area contributed by atoms with E-state index in [1.54, 1.807) is 0 Å². The van der Waals surface area contributed by atoms with Gasteiger partial charge in [-0.2, -0.15) is 0 Å². The van der Waals surface area contributed by atoms with E-state index in [2.05, 4.69) is 0 Å². The molecular weight excluding hydrogens is 210 g/mol. The normalized spacial score (nSPS) is 16.6. The van der Waals surface area contributed by atoms with Crippen LogP contribution in [0.2, 0.25) is 0 Å². The van der Waals surface area contributed by atoms with Crippen LogP contribution in [0.1, 0.15) is 31.2 Å². The summed E-state index contributed by atoms with van der Waals surface area (Å²) in [4.78, 5) is 11.8. The molecule has 0 aromatic heterocycles. The fourth-order valence-electron chi connectivity index (χ4n) is 2.26. The van der Waals surface area contributed by atoms with Gasteiger partial charge in [0.25, 0.3) is 0 Å². The van der Waals surface area contributed by atoms with E-state index in [1.807, 2.05) is 0 Å². The average molecular weight is 224 g/mol. The lowest BCUT2D eigenvalue weighted by Crippen LogP contribution is -2.14. The van der Waals surface area contributed by atoms with Crippen LogP contribution in [0.5, 0.6) is 0 Å². The van der Waals surface area contributed by atoms with E-state index in [1.165, 1.54) is 12.1 Å². The quantitative estimate of drug-likeness (QED) is 0.770. The fourth-order valence-corrected chi connectivity index (χ4v) is 2.26. The van der Waals surface area contributed by atoms with E-state index in [9.17, 15) is 13.6 Å². The zero-order valence-corrected chi connectivity index (χ0v) is 9.01. The number of hydrogen-bond donors (Lipinski definition) is 0. The second-order valence-electron chi connectivity index (χ2n) is 4.34. The van der Waals surface area contributed by atoms with E-state index < -0.39 is 11.6 Å². The molecule has 86 valence electrons. The van der Waals surface area contributed by atoms with Crippen LogP contribution >= 0.6 is 0 Å². The Morgan fingerprint density at radius 2 is 1.94 bits per heavy atom. The van der Waals surface area contributed by atoms with Crippen LogP contribution in [0.4, 0.5) is 8.78 Å². The van der Waals surface area contributed by atoms with Gasteiger partial charge in [-0.25, -0.2) is 8.78 Å². The highest BCUT2D eigenvalue weighted by atomic mass is 19.2. The summed E-state index contributed by atoms with van der Waals surface area (Å²) in [5.74, 6) is -1.66. The van der Waals surface area contributed by atoms with Crippen molar-refractivity contribution in [3.05, 3.63) is 35.4 Å². The minimum Gasteiger partial charge on any atom is -0.299 e. The van der Waals surface area contributed by atoms with Gasteiger partial charge in [0.2, 0.25) is 0 Å². The van der Waals surface area contributed by atoms with E-state index in [0.29, 0.717) is 0 Å². The minimum absolute atomic E-state index is 0.0221. The Kier molecular flexibility index (Phi) is 3.32. The molecule has 1 aliphatic carbocycles. The zero-order chi connectivity index (χ0) is 11.5. The van der Waals surface area contributed by atoms with Crippen molar-refractivity contribution in [2.24, 2.45) is 5.92 Å². The van der Waals surface area contributed by atoms with Crippen molar-refractivity contribution in [2.75, 3.05) is 0 Å². The summed E-state index contributed by atoms with van der Waals surface area (Å²) in [7, 11) is 0. The number of benzene rings is 1. The molecule has 1 nitrogen and oxygen atoms in total. The smallest absolute Gasteiger partial charge is 0.162 e. The molecule has 1 saturated carbocycles. The number of halogens is 2. The first kappa shape index (κ1) is 11.2. The lowest BCUT2D eigenvalue weighted by molar-refractivity contribution is -0.122. The number of carbonyl (C=O) groups is 1. The van der Waals surface area contributed by atoms with Crippen molar-refractivity contribution in [3.63, 3.8) is 0 Å². The van der Waals surface area contributed by atoms with Gasteiger partial charge in [-0.3, -0.25) is 4.79 Å². The molecule has 1 aromatic rings. The second-order valence-corrected chi connectivity index (χ2v) is 4.34. The number of carbonyl (C=O) groups excluding carboxylic acids is 1. The van der Waals surface area contributed by atoms with Gasteiger partial charge in [-0.15, -0.1) is 0 Å². The topological polar surface area (TPSA) is 17.1 Å². The standard InChI is InChI=1S/C13H14F2O/c14-11-7-3-6-10(13(11)15)8-12(16)9-4-1-2-5-9/h3,6-7,9H,1-2,4-5,8H2. The summed E-state index contributed by atoms with van der Waals surface area (Å²) in [5.41, 5.74) is 0.178. The molecule has 0 N–H and O–H groups in total. The summed E-state index contributed by atoms with van der Waals surface area (Å²) in [5, 5.41) is 0. The molecule has 0 heterocycles. The zero-order valence-electron chi connectivity index (χ0n) is 9.01. The highest BCUT2D eigenvalue weighted by molar-refractivity contribution is 5.83. The molecular formula is C13H14F2O. The molecule has 0 unspecified atom stereocenters. The number of hydrogen-bond acceptors (Lipinski definition) is 1. The third-order valence-electron chi connectivity index (χ3n) is 3.21. The molecule has 0 atom stereocenters. The Labute approximate surface area is 93.5 Å². The van der Waals surface area contributed by atoms with Crippen molar-refractivity contribution in [1.29, 1.82) is 0 Å². The SMILES string of the molecule is O=C(Cc1cccc(F)c1F)C1CCCC1. The highest BCUT2D eigenvalue weighted by Crippen LogP contribution is 2.27. The van der Waals surface area contributed by atoms with Crippen molar-refractivity contribution in [1.82, 2.24) is 0 Å². The van der Waals surface area contributed by atoms with Gasteiger partial charge in [0, 0.05) is 12.3 Å². The van der Waals surface area contributed by atoms with Crippen molar-refractivity contribution < 1.29 is 13.6 Å². The van der Waals surface area contributed by atoms with Crippen molar-refractivity contribution in [2.45, 2.75) is 32.1 Å². The van der Waals surface area contributed by atoms with Crippen LogP contribution in [0.25, 0.3) is 0 Å². The van der Waals surface area contributed by atoms with Gasteiger partial charge in [-0.1, -0.05) is 25.0 Å². The molecule has 0 spiro atoms. The number of Topliss-reactive ketones (excluding diaryl/α,β-unsaturated/α-hetero) is 1. The van der Waals surface area contributed by atoms with Gasteiger partial charge in [-0.05, 0) is 24.5 Å². The first-order valence-electron chi connectivity index (χ1n) is 5.64. The summed E-state index contributed by atoms with van der Waals surface area (Å²) < 4.78 is 26.2. The molecule has 3 heteroatoms. The van der Waals surface area contributed by atoms with E-state index in [0.717, 1.165) is 31.7 Å². The molecule has 0 bridgehead atoms. The third kappa shape index (κ3) is 2.29. The predicted octanol–water partition coefficient (Wildman–Crippen LogP) is 3.27. The van der Waals surface area contributed by atoms with Crippen LogP contribution in [0.15, 0.2) is 18.2 Å². The maximum absolute atomic E-state index is 13.3. The Bertz CT molecular complexity index is 395.